The summed E-state index contributed by atoms with van der Waals surface area (Å²) in [7, 11) is 1.57. The summed E-state index contributed by atoms with van der Waals surface area (Å²) in [5.41, 5.74) is 8.69. The van der Waals surface area contributed by atoms with Gasteiger partial charge in [0.15, 0.2) is 0 Å². The minimum Gasteiger partial charge on any atom is -0.457 e. The summed E-state index contributed by atoms with van der Waals surface area (Å²) in [4.78, 5) is 11.9. The van der Waals surface area contributed by atoms with Crippen molar-refractivity contribution in [3.8, 4) is 0 Å². The van der Waals surface area contributed by atoms with Crippen molar-refractivity contribution in [3.63, 3.8) is 0 Å². The number of rotatable bonds is 4. The molecule has 0 amide bonds. The number of esters is 1. The Hall–Kier alpha value is -1.55. The maximum absolute atomic E-state index is 11.9. The molecule has 94 valence electrons. The Bertz CT molecular complexity index is 415. The van der Waals surface area contributed by atoms with Gasteiger partial charge in [0, 0.05) is 12.8 Å². The number of benzene rings is 1. The zero-order valence-corrected chi connectivity index (χ0v) is 10.7. The molecule has 0 radical (unpaired) electrons. The lowest BCUT2D eigenvalue weighted by Gasteiger charge is -2.14. The van der Waals surface area contributed by atoms with Gasteiger partial charge in [-0.15, -0.1) is 0 Å². The average molecular weight is 237 g/mol. The first kappa shape index (κ1) is 13.5. The molecule has 0 saturated heterocycles. The van der Waals surface area contributed by atoms with Crippen molar-refractivity contribution >= 4 is 11.7 Å². The lowest BCUT2D eigenvalue weighted by Crippen LogP contribution is -2.20. The topological polar surface area (TPSA) is 61.5 Å². The average Bonchev–Trinajstić information content (AvgIpc) is 2.23. The Morgan fingerprint density at radius 2 is 2.06 bits per heavy atom. The fourth-order valence-electron chi connectivity index (χ4n) is 1.61. The highest BCUT2D eigenvalue weighted by Gasteiger charge is 2.15. The maximum Gasteiger partial charge on any atom is 0.338 e. The minimum atomic E-state index is -0.359. The van der Waals surface area contributed by atoms with E-state index in [4.69, 9.17) is 15.2 Å². The molecule has 4 heteroatoms. The molecule has 0 aliphatic carbocycles. The van der Waals surface area contributed by atoms with Crippen LogP contribution in [-0.2, 0) is 9.47 Å². The van der Waals surface area contributed by atoms with Crippen molar-refractivity contribution in [2.75, 3.05) is 19.5 Å². The number of nitrogen functional groups attached to an aromatic ring is 1. The number of carbonyl (C=O) groups is 1. The molecule has 1 aromatic rings. The van der Waals surface area contributed by atoms with E-state index >= 15 is 0 Å². The SMILES string of the molecule is COCC(C)OC(=O)c1cc(N)cc(C)c1C. The molecule has 0 spiro atoms. The molecule has 1 aromatic carbocycles. The van der Waals surface area contributed by atoms with E-state index in [2.05, 4.69) is 0 Å². The summed E-state index contributed by atoms with van der Waals surface area (Å²) in [5.74, 6) is -0.359. The molecule has 4 nitrogen and oxygen atoms in total. The van der Waals surface area contributed by atoms with Crippen LogP contribution in [0.25, 0.3) is 0 Å². The van der Waals surface area contributed by atoms with E-state index < -0.39 is 0 Å². The summed E-state index contributed by atoms with van der Waals surface area (Å²) >= 11 is 0. The molecule has 0 aromatic heterocycles. The van der Waals surface area contributed by atoms with Crippen LogP contribution in [0.15, 0.2) is 12.1 Å². The van der Waals surface area contributed by atoms with Gasteiger partial charge in [0.05, 0.1) is 12.2 Å². The summed E-state index contributed by atoms with van der Waals surface area (Å²) in [6.45, 7) is 5.97. The lowest BCUT2D eigenvalue weighted by atomic mass is 10.0. The zero-order valence-electron chi connectivity index (χ0n) is 10.7. The third-order valence-electron chi connectivity index (χ3n) is 2.62. The molecule has 1 rings (SSSR count). The Labute approximate surface area is 102 Å². The van der Waals surface area contributed by atoms with Crippen LogP contribution in [0.5, 0.6) is 0 Å². The smallest absolute Gasteiger partial charge is 0.338 e. The van der Waals surface area contributed by atoms with E-state index in [0.717, 1.165) is 11.1 Å². The highest BCUT2D eigenvalue weighted by atomic mass is 16.6. The van der Waals surface area contributed by atoms with E-state index in [1.165, 1.54) is 0 Å². The summed E-state index contributed by atoms with van der Waals surface area (Å²) < 4.78 is 10.2. The van der Waals surface area contributed by atoms with Crippen molar-refractivity contribution in [2.24, 2.45) is 0 Å². The van der Waals surface area contributed by atoms with Crippen molar-refractivity contribution in [2.45, 2.75) is 26.9 Å². The number of nitrogens with two attached hydrogens (primary N) is 1. The van der Waals surface area contributed by atoms with Crippen LogP contribution < -0.4 is 5.73 Å². The molecular weight excluding hydrogens is 218 g/mol. The third kappa shape index (κ3) is 3.46. The fourth-order valence-corrected chi connectivity index (χ4v) is 1.61. The normalized spacial score (nSPS) is 12.2. The molecule has 2 N–H and O–H groups in total. The largest absolute Gasteiger partial charge is 0.457 e. The van der Waals surface area contributed by atoms with Gasteiger partial charge in [-0.25, -0.2) is 4.79 Å². The van der Waals surface area contributed by atoms with Crippen LogP contribution in [0.3, 0.4) is 0 Å². The molecule has 0 aliphatic rings. The standard InChI is InChI=1S/C13H19NO3/c1-8-5-11(14)6-12(10(8)3)13(15)17-9(2)7-16-4/h5-6,9H,7,14H2,1-4H3. The number of hydrogen-bond acceptors (Lipinski definition) is 4. The quantitative estimate of drug-likeness (QED) is 0.643. The molecule has 1 atom stereocenters. The second-order valence-corrected chi connectivity index (χ2v) is 4.18. The second kappa shape index (κ2) is 5.68. The molecule has 0 fully saturated rings. The Morgan fingerprint density at radius 3 is 2.65 bits per heavy atom. The summed E-state index contributed by atoms with van der Waals surface area (Å²) in [6, 6.07) is 3.48. The molecule has 0 saturated carbocycles. The zero-order chi connectivity index (χ0) is 13.0. The van der Waals surface area contributed by atoms with Gasteiger partial charge < -0.3 is 15.2 Å². The fraction of sp³-hybridized carbons (Fsp3) is 0.462. The third-order valence-corrected chi connectivity index (χ3v) is 2.62. The van der Waals surface area contributed by atoms with E-state index in [1.54, 1.807) is 20.1 Å². The van der Waals surface area contributed by atoms with Crippen molar-refractivity contribution in [1.82, 2.24) is 0 Å². The number of aryl methyl sites for hydroxylation is 1. The highest BCUT2D eigenvalue weighted by molar-refractivity contribution is 5.92. The number of carbonyl (C=O) groups excluding carboxylic acids is 1. The monoisotopic (exact) mass is 237 g/mol. The van der Waals surface area contributed by atoms with Gasteiger partial charge in [0.2, 0.25) is 0 Å². The summed E-state index contributed by atoms with van der Waals surface area (Å²) in [6.07, 6.45) is -0.270. The van der Waals surface area contributed by atoms with Gasteiger partial charge in [-0.1, -0.05) is 0 Å². The minimum absolute atomic E-state index is 0.270. The Balaban J connectivity index is 2.89. The van der Waals surface area contributed by atoms with Crippen molar-refractivity contribution < 1.29 is 14.3 Å². The first-order valence-corrected chi connectivity index (χ1v) is 5.52. The van der Waals surface area contributed by atoms with Crippen molar-refractivity contribution in [1.29, 1.82) is 0 Å². The van der Waals surface area contributed by atoms with Gasteiger partial charge in [-0.3, -0.25) is 0 Å². The molecule has 17 heavy (non-hydrogen) atoms. The highest BCUT2D eigenvalue weighted by Crippen LogP contribution is 2.19. The first-order valence-electron chi connectivity index (χ1n) is 5.52. The van der Waals surface area contributed by atoms with Gasteiger partial charge in [0.1, 0.15) is 6.10 Å². The summed E-state index contributed by atoms with van der Waals surface area (Å²) in [5, 5.41) is 0. The number of anilines is 1. The van der Waals surface area contributed by atoms with Crippen LogP contribution >= 0.6 is 0 Å². The Morgan fingerprint density at radius 1 is 1.41 bits per heavy atom. The van der Waals surface area contributed by atoms with Gasteiger partial charge >= 0.3 is 5.97 Å². The number of methoxy groups -OCH3 is 1. The number of ether oxygens (including phenoxy) is 2. The van der Waals surface area contributed by atoms with Gasteiger partial charge in [-0.05, 0) is 44.0 Å². The second-order valence-electron chi connectivity index (χ2n) is 4.18. The molecule has 0 heterocycles. The van der Waals surface area contributed by atoms with E-state index in [-0.39, 0.29) is 12.1 Å². The predicted molar refractivity (Wildman–Crippen MR) is 67.1 cm³/mol. The van der Waals surface area contributed by atoms with Gasteiger partial charge in [0.25, 0.3) is 0 Å². The molecule has 0 aliphatic heterocycles. The first-order chi connectivity index (χ1) is 7.95. The Kier molecular flexibility index (Phi) is 4.52. The molecule has 1 unspecified atom stereocenters. The molecular formula is C13H19NO3. The molecule has 0 bridgehead atoms. The lowest BCUT2D eigenvalue weighted by molar-refractivity contribution is 0.0119. The van der Waals surface area contributed by atoms with E-state index in [0.29, 0.717) is 17.9 Å². The van der Waals surface area contributed by atoms with Crippen LogP contribution in [0.1, 0.15) is 28.4 Å². The van der Waals surface area contributed by atoms with Crippen LogP contribution in [0.2, 0.25) is 0 Å². The van der Waals surface area contributed by atoms with Crippen LogP contribution in [-0.4, -0.2) is 25.8 Å². The number of hydrogen-bond donors (Lipinski definition) is 1. The van der Waals surface area contributed by atoms with Crippen molar-refractivity contribution in [3.05, 3.63) is 28.8 Å². The maximum atomic E-state index is 11.9. The van der Waals surface area contributed by atoms with E-state index in [9.17, 15) is 4.79 Å². The van der Waals surface area contributed by atoms with Gasteiger partial charge in [-0.2, -0.15) is 0 Å². The van der Waals surface area contributed by atoms with Crippen LogP contribution in [0.4, 0.5) is 5.69 Å². The predicted octanol–water partition coefficient (Wildman–Crippen LogP) is 2.08. The van der Waals surface area contributed by atoms with E-state index in [1.807, 2.05) is 19.9 Å². The van der Waals surface area contributed by atoms with Crippen LogP contribution in [0, 0.1) is 13.8 Å².